The third kappa shape index (κ3) is 4.88. The van der Waals surface area contributed by atoms with E-state index >= 15 is 0 Å². The Bertz CT molecular complexity index is 643. The highest BCUT2D eigenvalue weighted by Gasteiger charge is 2.28. The Morgan fingerprint density at radius 2 is 1.83 bits per heavy atom. The van der Waals surface area contributed by atoms with Gasteiger partial charge in [0, 0.05) is 10.8 Å². The standard InChI is InChI=1S/C18H21N3O2S/c1-3-23-18(22)16(12-21)17(24-2)15-9-7-5-4-6-8-14(15)13(10-19)11-20/h15H,3-9H2,1-2H3/b17-16+. The second-order valence-electron chi connectivity index (χ2n) is 5.40. The largest absolute Gasteiger partial charge is 0.462 e. The van der Waals surface area contributed by atoms with E-state index in [0.29, 0.717) is 11.3 Å². The number of allylic oxidation sites excluding steroid dienone is 3. The molecule has 0 bridgehead atoms. The molecule has 0 spiro atoms. The highest BCUT2D eigenvalue weighted by Crippen LogP contribution is 2.40. The molecule has 6 heteroatoms. The molecule has 0 radical (unpaired) electrons. The van der Waals surface area contributed by atoms with E-state index in [-0.39, 0.29) is 23.7 Å². The molecule has 1 saturated carbocycles. The second kappa shape index (κ2) is 10.5. The fraction of sp³-hybridized carbons (Fsp3) is 0.556. The number of hydrogen-bond acceptors (Lipinski definition) is 6. The SMILES string of the molecule is CCOC(=O)/C(C#N)=C(/SC)C1CCCCCCC1=C(C#N)C#N. The second-order valence-corrected chi connectivity index (χ2v) is 6.25. The van der Waals surface area contributed by atoms with Crippen LogP contribution in [0.4, 0.5) is 0 Å². The van der Waals surface area contributed by atoms with Crippen molar-refractivity contribution in [1.29, 1.82) is 15.8 Å². The highest BCUT2D eigenvalue weighted by atomic mass is 32.2. The molecule has 0 aromatic carbocycles. The lowest BCUT2D eigenvalue weighted by Gasteiger charge is -2.25. The maximum Gasteiger partial charge on any atom is 0.349 e. The van der Waals surface area contributed by atoms with Gasteiger partial charge in [-0.1, -0.05) is 19.3 Å². The quantitative estimate of drug-likeness (QED) is 0.434. The van der Waals surface area contributed by atoms with Crippen LogP contribution in [-0.4, -0.2) is 18.8 Å². The monoisotopic (exact) mass is 343 g/mol. The van der Waals surface area contributed by atoms with Crippen LogP contribution in [0.5, 0.6) is 0 Å². The topological polar surface area (TPSA) is 97.7 Å². The number of nitrogens with zero attached hydrogens (tertiary/aromatic N) is 3. The van der Waals surface area contributed by atoms with Crippen LogP contribution >= 0.6 is 11.8 Å². The zero-order valence-electron chi connectivity index (χ0n) is 14.1. The minimum Gasteiger partial charge on any atom is -0.462 e. The molecule has 1 aliphatic rings. The Balaban J connectivity index is 3.49. The zero-order chi connectivity index (χ0) is 17.9. The van der Waals surface area contributed by atoms with Gasteiger partial charge in [-0.15, -0.1) is 11.8 Å². The van der Waals surface area contributed by atoms with Gasteiger partial charge in [-0.3, -0.25) is 0 Å². The van der Waals surface area contributed by atoms with Gasteiger partial charge in [0.25, 0.3) is 0 Å². The summed E-state index contributed by atoms with van der Waals surface area (Å²) in [5.41, 5.74) is 0.846. The third-order valence-electron chi connectivity index (χ3n) is 4.03. The lowest BCUT2D eigenvalue weighted by atomic mass is 9.82. The normalized spacial score (nSPS) is 18.8. The number of nitriles is 3. The van der Waals surface area contributed by atoms with Gasteiger partial charge in [0.15, 0.2) is 0 Å². The first kappa shape index (κ1) is 19.8. The van der Waals surface area contributed by atoms with Crippen LogP contribution in [0.15, 0.2) is 21.6 Å². The first-order chi connectivity index (χ1) is 11.6. The number of hydrogen-bond donors (Lipinski definition) is 0. The minimum atomic E-state index is -0.638. The molecule has 1 rings (SSSR count). The summed E-state index contributed by atoms with van der Waals surface area (Å²) < 4.78 is 4.99. The summed E-state index contributed by atoms with van der Waals surface area (Å²) in [5.74, 6) is -0.880. The molecule has 5 nitrogen and oxygen atoms in total. The van der Waals surface area contributed by atoms with E-state index in [0.717, 1.165) is 37.7 Å². The van der Waals surface area contributed by atoms with Crippen LogP contribution < -0.4 is 0 Å². The number of thioether (sulfide) groups is 1. The van der Waals surface area contributed by atoms with Crippen LogP contribution in [0.2, 0.25) is 0 Å². The molecule has 1 atom stereocenters. The maximum atomic E-state index is 12.1. The zero-order valence-corrected chi connectivity index (χ0v) is 14.9. The fourth-order valence-corrected chi connectivity index (χ4v) is 3.82. The van der Waals surface area contributed by atoms with Crippen LogP contribution in [0, 0.1) is 39.9 Å². The molecule has 0 amide bonds. The smallest absolute Gasteiger partial charge is 0.349 e. The van der Waals surface area contributed by atoms with Crippen molar-refractivity contribution in [3.05, 3.63) is 21.6 Å². The first-order valence-electron chi connectivity index (χ1n) is 8.03. The summed E-state index contributed by atoms with van der Waals surface area (Å²) >= 11 is 1.32. The summed E-state index contributed by atoms with van der Waals surface area (Å²) in [4.78, 5) is 12.7. The van der Waals surface area contributed by atoms with Crippen molar-refractivity contribution < 1.29 is 9.53 Å². The predicted octanol–water partition coefficient (Wildman–Crippen LogP) is 4.00. The van der Waals surface area contributed by atoms with E-state index in [1.807, 2.05) is 18.2 Å². The van der Waals surface area contributed by atoms with E-state index in [1.165, 1.54) is 11.8 Å². The molecule has 1 unspecified atom stereocenters. The van der Waals surface area contributed by atoms with Crippen molar-refractivity contribution in [1.82, 2.24) is 0 Å². The fourth-order valence-electron chi connectivity index (χ4n) is 2.95. The molecule has 24 heavy (non-hydrogen) atoms. The number of ether oxygens (including phenoxy) is 1. The summed E-state index contributed by atoms with van der Waals surface area (Å²) in [6, 6.07) is 5.92. The van der Waals surface area contributed by atoms with Crippen molar-refractivity contribution in [2.45, 2.75) is 45.4 Å². The third-order valence-corrected chi connectivity index (χ3v) is 4.96. The summed E-state index contributed by atoms with van der Waals surface area (Å²) in [6.45, 7) is 1.89. The Morgan fingerprint density at radius 3 is 2.38 bits per heavy atom. The van der Waals surface area contributed by atoms with Crippen molar-refractivity contribution in [2.75, 3.05) is 12.9 Å². The van der Waals surface area contributed by atoms with Gasteiger partial charge in [0.05, 0.1) is 6.61 Å². The highest BCUT2D eigenvalue weighted by molar-refractivity contribution is 8.02. The van der Waals surface area contributed by atoms with Crippen molar-refractivity contribution in [2.24, 2.45) is 5.92 Å². The van der Waals surface area contributed by atoms with E-state index in [9.17, 15) is 20.6 Å². The van der Waals surface area contributed by atoms with Crippen LogP contribution in [-0.2, 0) is 9.53 Å². The minimum absolute atomic E-state index is 0.0114. The molecule has 0 N–H and O–H groups in total. The molecular weight excluding hydrogens is 322 g/mol. The van der Waals surface area contributed by atoms with E-state index in [2.05, 4.69) is 0 Å². The summed E-state index contributed by atoms with van der Waals surface area (Å²) in [5, 5.41) is 28.0. The number of rotatable bonds is 4. The molecule has 1 aliphatic carbocycles. The van der Waals surface area contributed by atoms with Crippen molar-refractivity contribution in [3.8, 4) is 18.2 Å². The Kier molecular flexibility index (Phi) is 8.69. The summed E-state index contributed by atoms with van der Waals surface area (Å²) in [6.07, 6.45) is 7.14. The molecule has 0 aromatic heterocycles. The molecule has 0 heterocycles. The van der Waals surface area contributed by atoms with Gasteiger partial charge < -0.3 is 4.74 Å². The van der Waals surface area contributed by atoms with Crippen LogP contribution in [0.25, 0.3) is 0 Å². The first-order valence-corrected chi connectivity index (χ1v) is 9.25. The average Bonchev–Trinajstić information content (AvgIpc) is 2.56. The molecular formula is C18H21N3O2S. The van der Waals surface area contributed by atoms with E-state index in [1.54, 1.807) is 13.2 Å². The Labute approximate surface area is 147 Å². The summed E-state index contributed by atoms with van der Waals surface area (Å²) in [7, 11) is 0. The molecule has 0 aliphatic heterocycles. The van der Waals surface area contributed by atoms with Crippen LogP contribution in [0.3, 0.4) is 0 Å². The van der Waals surface area contributed by atoms with E-state index < -0.39 is 5.97 Å². The Hall–Kier alpha value is -2.23. The lowest BCUT2D eigenvalue weighted by Crippen LogP contribution is -2.16. The van der Waals surface area contributed by atoms with Crippen molar-refractivity contribution >= 4 is 17.7 Å². The number of esters is 1. The van der Waals surface area contributed by atoms with Crippen LogP contribution in [0.1, 0.15) is 45.4 Å². The molecule has 126 valence electrons. The van der Waals surface area contributed by atoms with Gasteiger partial charge in [-0.2, -0.15) is 15.8 Å². The number of carbonyl (C=O) groups excluding carboxylic acids is 1. The van der Waals surface area contributed by atoms with Gasteiger partial charge >= 0.3 is 5.97 Å². The maximum absolute atomic E-state index is 12.1. The van der Waals surface area contributed by atoms with Crippen molar-refractivity contribution in [3.63, 3.8) is 0 Å². The number of carbonyl (C=O) groups is 1. The predicted molar refractivity (Wildman–Crippen MR) is 92.2 cm³/mol. The van der Waals surface area contributed by atoms with E-state index in [4.69, 9.17) is 4.74 Å². The van der Waals surface area contributed by atoms with Gasteiger partial charge in [-0.05, 0) is 38.0 Å². The average molecular weight is 343 g/mol. The van der Waals surface area contributed by atoms with Gasteiger partial charge in [-0.25, -0.2) is 4.79 Å². The Morgan fingerprint density at radius 1 is 1.17 bits per heavy atom. The van der Waals surface area contributed by atoms with Gasteiger partial charge in [0.1, 0.15) is 29.4 Å². The molecule has 1 fully saturated rings. The molecule has 0 aromatic rings. The van der Waals surface area contributed by atoms with Gasteiger partial charge in [0.2, 0.25) is 0 Å². The lowest BCUT2D eigenvalue weighted by molar-refractivity contribution is -0.138. The molecule has 0 saturated heterocycles.